The maximum Gasteiger partial charge on any atom is 0.326 e. The molecule has 16 nitrogen and oxygen atoms in total. The summed E-state index contributed by atoms with van der Waals surface area (Å²) in [6, 6.07) is 9.44. The molecule has 2 aromatic rings. The standard InChI is InChI=1S/C42H58N8O8/c1-3-26(2)35(49-36(52)31(20-28-13-15-30(51)16-14-28)48-41(58)42(24-43)17-7-8-18-42)38(54)46-32(22-29-23-44-25-45-29)39(55)50-19-9-12-34(50)37(53)47-33(40(56)57)21-27-10-5-4-6-11-27/h4-6,10-11,13-16,25-26,29,31-35,51H,3,7-9,12,17-24,43H2,1-2H3,(H,44,45)(H,46,54)(H,47,53)(H,48,58)(H,49,52)(H,56,57). The van der Waals surface area contributed by atoms with Crippen LogP contribution in [-0.2, 0) is 41.6 Å². The van der Waals surface area contributed by atoms with Crippen LogP contribution in [0.15, 0.2) is 59.6 Å². The Balaban J connectivity index is 1.34. The largest absolute Gasteiger partial charge is 0.508 e. The van der Waals surface area contributed by atoms with Crippen LogP contribution in [0.25, 0.3) is 0 Å². The molecule has 16 heteroatoms. The van der Waals surface area contributed by atoms with Crippen molar-refractivity contribution in [2.45, 2.75) is 114 Å². The van der Waals surface area contributed by atoms with Gasteiger partial charge in [0, 0.05) is 32.0 Å². The number of amides is 5. The number of carbonyl (C=O) groups excluding carboxylic acids is 5. The molecule has 1 aliphatic carbocycles. The summed E-state index contributed by atoms with van der Waals surface area (Å²) in [5, 5.41) is 34.2. The molecule has 0 aromatic heterocycles. The first-order valence-corrected chi connectivity index (χ1v) is 20.4. The van der Waals surface area contributed by atoms with Gasteiger partial charge in [0.05, 0.1) is 18.3 Å². The first-order valence-electron chi connectivity index (χ1n) is 20.4. The molecule has 0 radical (unpaired) electrons. The summed E-state index contributed by atoms with van der Waals surface area (Å²) in [6.07, 6.45) is 5.99. The fraction of sp³-hybridized carbons (Fsp3) is 0.548. The van der Waals surface area contributed by atoms with E-state index in [1.54, 1.807) is 43.3 Å². The van der Waals surface area contributed by atoms with Gasteiger partial charge in [-0.2, -0.15) is 0 Å². The van der Waals surface area contributed by atoms with Crippen LogP contribution in [0, 0.1) is 11.3 Å². The van der Waals surface area contributed by atoms with Crippen molar-refractivity contribution in [3.05, 3.63) is 65.7 Å². The second-order valence-corrected chi connectivity index (χ2v) is 15.9. The number of nitrogens with two attached hydrogens (primary N) is 1. The van der Waals surface area contributed by atoms with Crippen molar-refractivity contribution >= 4 is 41.8 Å². The molecule has 0 spiro atoms. The van der Waals surface area contributed by atoms with Crippen LogP contribution in [0.4, 0.5) is 0 Å². The number of phenols is 1. The number of nitrogens with one attached hydrogen (secondary N) is 5. The zero-order chi connectivity index (χ0) is 41.8. The minimum absolute atomic E-state index is 0.0483. The SMILES string of the molecule is CCC(C)C(NC(=O)C(Cc1ccc(O)cc1)NC(=O)C1(CN)CCCC1)C(=O)NC(CC1CN=CN1)C(=O)N1CCCC1C(=O)NC(Cc1ccccc1)C(=O)O. The summed E-state index contributed by atoms with van der Waals surface area (Å²) in [6.45, 7) is 4.39. The molecule has 1 saturated heterocycles. The second-order valence-electron chi connectivity index (χ2n) is 15.9. The predicted molar refractivity (Wildman–Crippen MR) is 216 cm³/mol. The molecule has 7 unspecified atom stereocenters. The van der Waals surface area contributed by atoms with Gasteiger partial charge in [0.2, 0.25) is 29.5 Å². The maximum absolute atomic E-state index is 14.4. The molecule has 2 aliphatic heterocycles. The van der Waals surface area contributed by atoms with Crippen LogP contribution >= 0.6 is 0 Å². The summed E-state index contributed by atoms with van der Waals surface area (Å²) in [5.74, 6) is -4.19. The molecule has 9 N–H and O–H groups in total. The van der Waals surface area contributed by atoms with E-state index >= 15 is 0 Å². The van der Waals surface area contributed by atoms with E-state index in [9.17, 15) is 39.0 Å². The van der Waals surface area contributed by atoms with Crippen LogP contribution in [0.2, 0.25) is 0 Å². The number of nitrogens with zero attached hydrogens (tertiary/aromatic N) is 2. The highest BCUT2D eigenvalue weighted by atomic mass is 16.4. The molecule has 5 amide bonds. The van der Waals surface area contributed by atoms with Crippen molar-refractivity contribution < 1.29 is 39.0 Å². The van der Waals surface area contributed by atoms with Gasteiger partial charge >= 0.3 is 5.97 Å². The Morgan fingerprint density at radius 3 is 2.17 bits per heavy atom. The minimum atomic E-state index is -1.22. The molecule has 2 heterocycles. The van der Waals surface area contributed by atoms with E-state index in [1.165, 1.54) is 23.4 Å². The summed E-state index contributed by atoms with van der Waals surface area (Å²) in [4.78, 5) is 88.1. The molecular weight excluding hydrogens is 745 g/mol. The Kier molecular flexibility index (Phi) is 15.2. The van der Waals surface area contributed by atoms with Crippen molar-refractivity contribution in [3.8, 4) is 5.75 Å². The Bertz CT molecular complexity index is 1780. The normalized spacial score (nSPS) is 20.8. The van der Waals surface area contributed by atoms with Crippen LogP contribution in [-0.4, -0.2) is 113 Å². The second kappa shape index (κ2) is 20.3. The zero-order valence-electron chi connectivity index (χ0n) is 33.3. The Labute approximate surface area is 339 Å². The number of carbonyl (C=O) groups is 6. The van der Waals surface area contributed by atoms with Gasteiger partial charge in [0.25, 0.3) is 0 Å². The van der Waals surface area contributed by atoms with Crippen LogP contribution in [0.1, 0.15) is 76.3 Å². The Morgan fingerprint density at radius 2 is 1.55 bits per heavy atom. The van der Waals surface area contributed by atoms with Crippen molar-refractivity contribution in [2.75, 3.05) is 19.6 Å². The molecule has 58 heavy (non-hydrogen) atoms. The number of aromatic hydroxyl groups is 1. The average molecular weight is 803 g/mol. The number of aliphatic imine (C=N–C) groups is 1. The smallest absolute Gasteiger partial charge is 0.326 e. The topological polar surface area (TPSA) is 245 Å². The van der Waals surface area contributed by atoms with Gasteiger partial charge in [0.15, 0.2) is 0 Å². The highest BCUT2D eigenvalue weighted by Crippen LogP contribution is 2.37. The molecule has 314 valence electrons. The molecule has 5 rings (SSSR count). The highest BCUT2D eigenvalue weighted by molar-refractivity contribution is 5.97. The highest BCUT2D eigenvalue weighted by Gasteiger charge is 2.43. The van der Waals surface area contributed by atoms with Gasteiger partial charge in [0.1, 0.15) is 36.0 Å². The molecule has 7 atom stereocenters. The third kappa shape index (κ3) is 11.1. The fourth-order valence-electron chi connectivity index (χ4n) is 8.04. The van der Waals surface area contributed by atoms with Crippen molar-refractivity contribution in [1.29, 1.82) is 0 Å². The lowest BCUT2D eigenvalue weighted by molar-refractivity contribution is -0.145. The van der Waals surface area contributed by atoms with E-state index in [2.05, 4.69) is 31.6 Å². The number of carboxylic acid groups (broad SMARTS) is 1. The molecular formula is C42H58N8O8. The molecule has 2 fully saturated rings. The van der Waals surface area contributed by atoms with Crippen molar-refractivity contribution in [2.24, 2.45) is 22.1 Å². The lowest BCUT2D eigenvalue weighted by Crippen LogP contribution is -2.61. The van der Waals surface area contributed by atoms with E-state index in [-0.39, 0.29) is 50.1 Å². The van der Waals surface area contributed by atoms with Gasteiger partial charge < -0.3 is 47.4 Å². The number of rotatable bonds is 19. The van der Waals surface area contributed by atoms with Gasteiger partial charge in [-0.05, 0) is 61.3 Å². The molecule has 2 aromatic carbocycles. The van der Waals surface area contributed by atoms with Crippen molar-refractivity contribution in [3.63, 3.8) is 0 Å². The molecule has 3 aliphatic rings. The Morgan fingerprint density at radius 1 is 0.879 bits per heavy atom. The first-order chi connectivity index (χ1) is 27.8. The number of hydrogen-bond donors (Lipinski definition) is 8. The third-order valence-corrected chi connectivity index (χ3v) is 11.8. The van der Waals surface area contributed by atoms with Crippen LogP contribution in [0.3, 0.4) is 0 Å². The number of likely N-dealkylation sites (tertiary alicyclic amines) is 1. The number of hydrogen-bond acceptors (Lipinski definition) is 10. The van der Waals surface area contributed by atoms with E-state index < -0.39 is 71.1 Å². The van der Waals surface area contributed by atoms with E-state index in [0.717, 1.165) is 18.4 Å². The summed E-state index contributed by atoms with van der Waals surface area (Å²) in [7, 11) is 0. The van der Waals surface area contributed by atoms with Gasteiger partial charge in [-0.15, -0.1) is 0 Å². The number of carboxylic acids is 1. The Hall–Kier alpha value is -5.51. The fourth-order valence-corrected chi connectivity index (χ4v) is 8.04. The van der Waals surface area contributed by atoms with Gasteiger partial charge in [-0.1, -0.05) is 75.6 Å². The van der Waals surface area contributed by atoms with E-state index in [4.69, 9.17) is 5.73 Å². The van der Waals surface area contributed by atoms with E-state index in [1.807, 2.05) is 13.0 Å². The van der Waals surface area contributed by atoms with Gasteiger partial charge in [-0.3, -0.25) is 29.0 Å². The lowest BCUT2D eigenvalue weighted by Gasteiger charge is -2.33. The monoisotopic (exact) mass is 802 g/mol. The minimum Gasteiger partial charge on any atom is -0.508 e. The predicted octanol–water partition coefficient (Wildman–Crippen LogP) is 1.15. The first kappa shape index (κ1) is 43.6. The van der Waals surface area contributed by atoms with Crippen LogP contribution < -0.4 is 32.3 Å². The lowest BCUT2D eigenvalue weighted by atomic mass is 9.84. The number of benzene rings is 2. The van der Waals surface area contributed by atoms with Crippen LogP contribution in [0.5, 0.6) is 5.75 Å². The average Bonchev–Trinajstić information content (AvgIpc) is 4.03. The van der Waals surface area contributed by atoms with Gasteiger partial charge in [-0.25, -0.2) is 4.79 Å². The maximum atomic E-state index is 14.4. The zero-order valence-corrected chi connectivity index (χ0v) is 33.3. The number of phenolic OH excluding ortho intramolecular Hbond substituents is 1. The summed E-state index contributed by atoms with van der Waals surface area (Å²) < 4.78 is 0. The molecule has 0 bridgehead atoms. The van der Waals surface area contributed by atoms with E-state index in [0.29, 0.717) is 44.2 Å². The molecule has 1 saturated carbocycles. The quantitative estimate of drug-likeness (QED) is 0.101. The summed E-state index contributed by atoms with van der Waals surface area (Å²) >= 11 is 0. The summed E-state index contributed by atoms with van der Waals surface area (Å²) in [5.41, 5.74) is 6.70. The van der Waals surface area contributed by atoms with Crippen molar-refractivity contribution in [1.82, 2.24) is 31.5 Å². The third-order valence-electron chi connectivity index (χ3n) is 11.8. The number of aliphatic carboxylic acids is 1.